The van der Waals surface area contributed by atoms with Crippen molar-refractivity contribution < 1.29 is 14.3 Å². The number of hydrogen-bond donors (Lipinski definition) is 2. The van der Waals surface area contributed by atoms with Crippen LogP contribution in [0.3, 0.4) is 0 Å². The molecule has 1 heterocycles. The van der Waals surface area contributed by atoms with Crippen molar-refractivity contribution in [2.75, 3.05) is 24.7 Å². The highest BCUT2D eigenvalue weighted by atomic mass is 35.5. The number of nitrogens with zero attached hydrogens (tertiary/aromatic N) is 2. The van der Waals surface area contributed by atoms with Crippen molar-refractivity contribution in [3.8, 4) is 11.4 Å². The number of benzene rings is 2. The summed E-state index contributed by atoms with van der Waals surface area (Å²) in [6.07, 6.45) is 5.48. The Morgan fingerprint density at radius 3 is 2.69 bits per heavy atom. The molecule has 1 aromatic heterocycles. The number of unbranched alkanes of at least 4 members (excludes halogenated alkanes) is 1. The third-order valence-electron chi connectivity index (χ3n) is 4.60. The van der Waals surface area contributed by atoms with Crippen molar-refractivity contribution in [1.29, 1.82) is 0 Å². The SMILES string of the molecule is CCCCNC(=O)c1ccc(-n2ccnc2SCC(=O)Nc2cc(Cl)ccc2OC)cc1. The molecule has 0 radical (unpaired) electrons. The molecule has 2 N–H and O–H groups in total. The number of hydrogen-bond acceptors (Lipinski definition) is 5. The summed E-state index contributed by atoms with van der Waals surface area (Å²) in [5, 5.41) is 6.89. The minimum Gasteiger partial charge on any atom is -0.495 e. The summed E-state index contributed by atoms with van der Waals surface area (Å²) in [5.74, 6) is 0.403. The van der Waals surface area contributed by atoms with E-state index in [2.05, 4.69) is 22.5 Å². The second-order valence-corrected chi connectivity index (χ2v) is 8.30. The average molecular weight is 473 g/mol. The lowest BCUT2D eigenvalue weighted by Gasteiger charge is -2.11. The summed E-state index contributed by atoms with van der Waals surface area (Å²) in [7, 11) is 1.53. The topological polar surface area (TPSA) is 85.2 Å². The Hall–Kier alpha value is -2.97. The van der Waals surface area contributed by atoms with Crippen molar-refractivity contribution in [2.24, 2.45) is 0 Å². The number of carbonyl (C=O) groups is 2. The van der Waals surface area contributed by atoms with Crippen molar-refractivity contribution in [3.63, 3.8) is 0 Å². The number of rotatable bonds is 10. The van der Waals surface area contributed by atoms with Crippen LogP contribution in [0.25, 0.3) is 5.69 Å². The lowest BCUT2D eigenvalue weighted by atomic mass is 10.2. The van der Waals surface area contributed by atoms with Gasteiger partial charge in [-0.2, -0.15) is 0 Å². The molecule has 0 fully saturated rings. The third-order valence-corrected chi connectivity index (χ3v) is 5.80. The fraction of sp³-hybridized carbons (Fsp3) is 0.261. The summed E-state index contributed by atoms with van der Waals surface area (Å²) in [6, 6.07) is 12.3. The molecule has 2 aromatic carbocycles. The molecule has 0 aliphatic heterocycles. The van der Waals surface area contributed by atoms with Crippen LogP contribution in [0, 0.1) is 0 Å². The van der Waals surface area contributed by atoms with E-state index in [1.807, 2.05) is 22.9 Å². The number of amides is 2. The first-order valence-corrected chi connectivity index (χ1v) is 11.6. The van der Waals surface area contributed by atoms with Crippen molar-refractivity contribution in [2.45, 2.75) is 24.9 Å². The van der Waals surface area contributed by atoms with Gasteiger partial charge in [0.1, 0.15) is 5.75 Å². The van der Waals surface area contributed by atoms with Gasteiger partial charge in [-0.05, 0) is 48.9 Å². The van der Waals surface area contributed by atoms with Crippen LogP contribution >= 0.6 is 23.4 Å². The lowest BCUT2D eigenvalue weighted by Crippen LogP contribution is -2.24. The van der Waals surface area contributed by atoms with Gasteiger partial charge in [0, 0.05) is 35.2 Å². The van der Waals surface area contributed by atoms with Gasteiger partial charge in [-0.15, -0.1) is 0 Å². The van der Waals surface area contributed by atoms with E-state index in [0.29, 0.717) is 33.7 Å². The average Bonchev–Trinajstić information content (AvgIpc) is 3.27. The molecule has 0 saturated heterocycles. The van der Waals surface area contributed by atoms with Crippen LogP contribution in [0.15, 0.2) is 60.0 Å². The van der Waals surface area contributed by atoms with Gasteiger partial charge >= 0.3 is 0 Å². The monoisotopic (exact) mass is 472 g/mol. The van der Waals surface area contributed by atoms with Crippen LogP contribution in [-0.2, 0) is 4.79 Å². The smallest absolute Gasteiger partial charge is 0.251 e. The van der Waals surface area contributed by atoms with Gasteiger partial charge in [-0.3, -0.25) is 14.2 Å². The fourth-order valence-corrected chi connectivity index (χ4v) is 3.89. The maximum Gasteiger partial charge on any atom is 0.251 e. The Labute approximate surface area is 196 Å². The predicted octanol–water partition coefficient (Wildman–Crippen LogP) is 4.80. The summed E-state index contributed by atoms with van der Waals surface area (Å²) >= 11 is 7.32. The van der Waals surface area contributed by atoms with E-state index >= 15 is 0 Å². The summed E-state index contributed by atoms with van der Waals surface area (Å²) in [5.41, 5.74) is 1.97. The molecule has 3 aromatic rings. The highest BCUT2D eigenvalue weighted by Gasteiger charge is 2.12. The predicted molar refractivity (Wildman–Crippen MR) is 128 cm³/mol. The molecule has 2 amide bonds. The Bertz CT molecular complexity index is 1070. The molecule has 9 heteroatoms. The normalized spacial score (nSPS) is 10.6. The number of anilines is 1. The van der Waals surface area contributed by atoms with Crippen molar-refractivity contribution in [1.82, 2.24) is 14.9 Å². The van der Waals surface area contributed by atoms with Gasteiger partial charge in [0.05, 0.1) is 18.6 Å². The van der Waals surface area contributed by atoms with Gasteiger partial charge in [-0.1, -0.05) is 36.7 Å². The third kappa shape index (κ3) is 6.27. The molecule has 0 unspecified atom stereocenters. The maximum absolute atomic E-state index is 12.5. The van der Waals surface area contributed by atoms with E-state index in [9.17, 15) is 9.59 Å². The van der Waals surface area contributed by atoms with E-state index in [-0.39, 0.29) is 17.6 Å². The molecule has 0 bridgehead atoms. The number of halogens is 1. The molecule has 0 aliphatic carbocycles. The van der Waals surface area contributed by atoms with Gasteiger partial charge in [0.2, 0.25) is 5.91 Å². The zero-order valence-corrected chi connectivity index (χ0v) is 19.5. The van der Waals surface area contributed by atoms with Gasteiger partial charge in [0.15, 0.2) is 5.16 Å². The molecule has 168 valence electrons. The number of nitrogens with one attached hydrogen (secondary N) is 2. The molecule has 0 aliphatic rings. The number of methoxy groups -OCH3 is 1. The van der Waals surface area contributed by atoms with Crippen molar-refractivity contribution >= 4 is 40.9 Å². The quantitative estimate of drug-likeness (QED) is 0.327. The number of carbonyl (C=O) groups excluding carboxylic acids is 2. The first-order valence-electron chi connectivity index (χ1n) is 10.2. The van der Waals surface area contributed by atoms with Gasteiger partial charge in [0.25, 0.3) is 5.91 Å². The number of ether oxygens (including phenoxy) is 1. The molecule has 0 saturated carbocycles. The van der Waals surface area contributed by atoms with E-state index in [4.69, 9.17) is 16.3 Å². The summed E-state index contributed by atoms with van der Waals surface area (Å²) in [6.45, 7) is 2.75. The van der Waals surface area contributed by atoms with E-state index in [1.54, 1.807) is 36.5 Å². The summed E-state index contributed by atoms with van der Waals surface area (Å²) in [4.78, 5) is 29.0. The van der Waals surface area contributed by atoms with Crippen LogP contribution in [-0.4, -0.2) is 40.8 Å². The second-order valence-electron chi connectivity index (χ2n) is 6.92. The zero-order valence-electron chi connectivity index (χ0n) is 17.9. The van der Waals surface area contributed by atoms with Crippen LogP contribution < -0.4 is 15.4 Å². The van der Waals surface area contributed by atoms with E-state index in [1.165, 1.54) is 18.9 Å². The van der Waals surface area contributed by atoms with E-state index in [0.717, 1.165) is 18.5 Å². The Morgan fingerprint density at radius 2 is 1.97 bits per heavy atom. The van der Waals surface area contributed by atoms with Crippen LogP contribution in [0.2, 0.25) is 5.02 Å². The van der Waals surface area contributed by atoms with Gasteiger partial charge in [-0.25, -0.2) is 4.98 Å². The second kappa shape index (κ2) is 11.6. The largest absolute Gasteiger partial charge is 0.495 e. The molecule has 0 atom stereocenters. The van der Waals surface area contributed by atoms with Crippen LogP contribution in [0.4, 0.5) is 5.69 Å². The Morgan fingerprint density at radius 1 is 1.19 bits per heavy atom. The first-order chi connectivity index (χ1) is 15.5. The molecule has 7 nitrogen and oxygen atoms in total. The summed E-state index contributed by atoms with van der Waals surface area (Å²) < 4.78 is 7.13. The number of aromatic nitrogens is 2. The minimum absolute atomic E-state index is 0.0849. The van der Waals surface area contributed by atoms with Crippen LogP contribution in [0.5, 0.6) is 5.75 Å². The minimum atomic E-state index is -0.204. The Kier molecular flexibility index (Phi) is 8.58. The van der Waals surface area contributed by atoms with Crippen molar-refractivity contribution in [3.05, 3.63) is 65.4 Å². The maximum atomic E-state index is 12.5. The standard InChI is InChI=1S/C23H25ClN4O3S/c1-3-4-11-25-22(30)16-5-8-18(9-6-16)28-13-12-26-23(28)32-15-21(29)27-19-14-17(24)7-10-20(19)31-2/h5-10,12-14H,3-4,11,15H2,1-2H3,(H,25,30)(H,27,29). The lowest BCUT2D eigenvalue weighted by molar-refractivity contribution is -0.113. The highest BCUT2D eigenvalue weighted by molar-refractivity contribution is 7.99. The Balaban J connectivity index is 1.62. The number of imidazole rings is 1. The molecule has 0 spiro atoms. The first kappa shape index (κ1) is 23.7. The molecule has 3 rings (SSSR count). The molecular formula is C23H25ClN4O3S. The number of thioether (sulfide) groups is 1. The van der Waals surface area contributed by atoms with E-state index < -0.39 is 0 Å². The molecule has 32 heavy (non-hydrogen) atoms. The zero-order chi connectivity index (χ0) is 22.9. The highest BCUT2D eigenvalue weighted by Crippen LogP contribution is 2.28. The fourth-order valence-electron chi connectivity index (χ4n) is 2.94. The van der Waals surface area contributed by atoms with Crippen LogP contribution in [0.1, 0.15) is 30.1 Å². The molecular weight excluding hydrogens is 448 g/mol. The van der Waals surface area contributed by atoms with Gasteiger partial charge < -0.3 is 15.4 Å².